The standard InChI is InChI=1S/C21H16F4N2O5S/c1-31-18-9-13(22)6-7-17(18)32-20-16(8-12(11-26-20)21(23,24)25)19(28)27-14-4-3-5-15(10-14)33(2,29)30/h3-11H,1-2H3,(H,27,28). The van der Waals surface area contributed by atoms with Gasteiger partial charge in [0.05, 0.1) is 17.6 Å². The fraction of sp³-hybridized carbons (Fsp3) is 0.143. The molecule has 1 amide bonds. The summed E-state index contributed by atoms with van der Waals surface area (Å²) in [4.78, 5) is 16.3. The third kappa shape index (κ3) is 5.77. The van der Waals surface area contributed by atoms with Gasteiger partial charge in [0.25, 0.3) is 5.91 Å². The average molecular weight is 484 g/mol. The number of sulfone groups is 1. The van der Waals surface area contributed by atoms with E-state index in [4.69, 9.17) is 9.47 Å². The van der Waals surface area contributed by atoms with Crippen LogP contribution in [0.25, 0.3) is 0 Å². The molecule has 0 saturated carbocycles. The monoisotopic (exact) mass is 484 g/mol. The van der Waals surface area contributed by atoms with Gasteiger partial charge in [0, 0.05) is 24.2 Å². The molecular weight excluding hydrogens is 468 g/mol. The number of alkyl halides is 3. The molecule has 1 aromatic heterocycles. The normalized spacial score (nSPS) is 11.7. The van der Waals surface area contributed by atoms with Crippen LogP contribution in [0.15, 0.2) is 59.6 Å². The molecule has 33 heavy (non-hydrogen) atoms. The van der Waals surface area contributed by atoms with E-state index in [0.717, 1.165) is 30.5 Å². The minimum absolute atomic E-state index is 0.0191. The van der Waals surface area contributed by atoms with E-state index in [-0.39, 0.29) is 22.1 Å². The third-order valence-corrected chi connectivity index (χ3v) is 5.39. The zero-order valence-electron chi connectivity index (χ0n) is 17.1. The molecule has 0 bridgehead atoms. The number of halogens is 4. The maximum atomic E-state index is 13.4. The minimum Gasteiger partial charge on any atom is -0.493 e. The maximum Gasteiger partial charge on any atom is 0.417 e. The van der Waals surface area contributed by atoms with E-state index in [2.05, 4.69) is 10.3 Å². The third-order valence-electron chi connectivity index (χ3n) is 4.28. The van der Waals surface area contributed by atoms with Gasteiger partial charge in [-0.1, -0.05) is 6.07 Å². The topological polar surface area (TPSA) is 94.6 Å². The zero-order chi connectivity index (χ0) is 24.4. The van der Waals surface area contributed by atoms with Gasteiger partial charge in [-0.3, -0.25) is 4.79 Å². The Morgan fingerprint density at radius 3 is 2.42 bits per heavy atom. The van der Waals surface area contributed by atoms with E-state index in [9.17, 15) is 30.8 Å². The van der Waals surface area contributed by atoms with Crippen molar-refractivity contribution in [2.75, 3.05) is 18.7 Å². The van der Waals surface area contributed by atoms with Crippen LogP contribution in [-0.2, 0) is 16.0 Å². The number of benzene rings is 2. The van der Waals surface area contributed by atoms with Gasteiger partial charge in [-0.2, -0.15) is 13.2 Å². The number of pyridine rings is 1. The number of amides is 1. The van der Waals surface area contributed by atoms with Gasteiger partial charge in [0.1, 0.15) is 11.4 Å². The molecule has 0 atom stereocenters. The Hall–Kier alpha value is -3.67. The summed E-state index contributed by atoms with van der Waals surface area (Å²) in [5.74, 6) is -2.38. The molecule has 2 aromatic carbocycles. The molecular formula is C21H16F4N2O5S. The largest absolute Gasteiger partial charge is 0.493 e. The van der Waals surface area contributed by atoms with E-state index in [1.54, 1.807) is 0 Å². The van der Waals surface area contributed by atoms with Gasteiger partial charge in [0.2, 0.25) is 5.88 Å². The van der Waals surface area contributed by atoms with Crippen LogP contribution in [0.5, 0.6) is 17.4 Å². The van der Waals surface area contributed by atoms with Gasteiger partial charge in [-0.05, 0) is 36.4 Å². The van der Waals surface area contributed by atoms with E-state index < -0.39 is 44.7 Å². The van der Waals surface area contributed by atoms with Gasteiger partial charge in [0.15, 0.2) is 21.3 Å². The number of methoxy groups -OCH3 is 1. The van der Waals surface area contributed by atoms with Crippen molar-refractivity contribution in [1.29, 1.82) is 0 Å². The van der Waals surface area contributed by atoms with Crippen molar-refractivity contribution < 1.29 is 40.2 Å². The zero-order valence-corrected chi connectivity index (χ0v) is 17.9. The number of carbonyl (C=O) groups excluding carboxylic acids is 1. The summed E-state index contributed by atoms with van der Waals surface area (Å²) >= 11 is 0. The molecule has 7 nitrogen and oxygen atoms in total. The molecule has 0 fully saturated rings. The van der Waals surface area contributed by atoms with Gasteiger partial charge in [-0.15, -0.1) is 0 Å². The number of carbonyl (C=O) groups is 1. The summed E-state index contributed by atoms with van der Waals surface area (Å²) in [7, 11) is -2.37. The number of ether oxygens (including phenoxy) is 2. The van der Waals surface area contributed by atoms with Crippen molar-refractivity contribution in [3.8, 4) is 17.4 Å². The molecule has 0 aliphatic carbocycles. The molecule has 3 aromatic rings. The molecule has 0 saturated heterocycles. The maximum absolute atomic E-state index is 13.4. The molecule has 1 heterocycles. The molecule has 0 spiro atoms. The van der Waals surface area contributed by atoms with Gasteiger partial charge >= 0.3 is 6.18 Å². The summed E-state index contributed by atoms with van der Waals surface area (Å²) in [5, 5.41) is 2.33. The first-order valence-corrected chi connectivity index (χ1v) is 11.0. The van der Waals surface area contributed by atoms with Crippen molar-refractivity contribution in [3.63, 3.8) is 0 Å². The molecule has 0 aliphatic heterocycles. The van der Waals surface area contributed by atoms with Crippen LogP contribution >= 0.6 is 0 Å². The van der Waals surface area contributed by atoms with E-state index in [1.165, 1.54) is 25.3 Å². The number of nitrogens with one attached hydrogen (secondary N) is 1. The predicted octanol–water partition coefficient (Wildman–Crippen LogP) is 4.70. The second-order valence-corrected chi connectivity index (χ2v) is 8.74. The Morgan fingerprint density at radius 1 is 1.06 bits per heavy atom. The Kier molecular flexibility index (Phi) is 6.58. The molecule has 0 unspecified atom stereocenters. The number of hydrogen-bond acceptors (Lipinski definition) is 6. The summed E-state index contributed by atoms with van der Waals surface area (Å²) in [6, 6.07) is 8.87. The van der Waals surface area contributed by atoms with Crippen molar-refractivity contribution in [1.82, 2.24) is 4.98 Å². The second-order valence-electron chi connectivity index (χ2n) is 6.73. The van der Waals surface area contributed by atoms with Crippen molar-refractivity contribution >= 4 is 21.4 Å². The molecule has 174 valence electrons. The number of anilines is 1. The first kappa shape index (κ1) is 24.0. The molecule has 3 rings (SSSR count). The summed E-state index contributed by atoms with van der Waals surface area (Å²) < 4.78 is 87.0. The smallest absolute Gasteiger partial charge is 0.417 e. The van der Waals surface area contributed by atoms with E-state index in [0.29, 0.717) is 12.3 Å². The van der Waals surface area contributed by atoms with E-state index in [1.807, 2.05) is 0 Å². The fourth-order valence-electron chi connectivity index (χ4n) is 2.68. The number of hydrogen-bond donors (Lipinski definition) is 1. The van der Waals surface area contributed by atoms with Crippen molar-refractivity contribution in [2.24, 2.45) is 0 Å². The summed E-state index contributed by atoms with van der Waals surface area (Å²) in [6.45, 7) is 0. The van der Waals surface area contributed by atoms with Gasteiger partial charge < -0.3 is 14.8 Å². The minimum atomic E-state index is -4.80. The summed E-state index contributed by atoms with van der Waals surface area (Å²) in [5.41, 5.74) is -1.79. The van der Waals surface area contributed by atoms with Crippen LogP contribution in [0.4, 0.5) is 23.2 Å². The first-order valence-electron chi connectivity index (χ1n) is 9.08. The van der Waals surface area contributed by atoms with Crippen molar-refractivity contribution in [2.45, 2.75) is 11.1 Å². The second kappa shape index (κ2) is 9.06. The average Bonchev–Trinajstić information content (AvgIpc) is 2.74. The number of nitrogens with zero attached hydrogens (tertiary/aromatic N) is 1. The fourth-order valence-corrected chi connectivity index (χ4v) is 3.35. The Labute approximate surface area is 185 Å². The highest BCUT2D eigenvalue weighted by atomic mass is 32.2. The van der Waals surface area contributed by atoms with E-state index >= 15 is 0 Å². The lowest BCUT2D eigenvalue weighted by Crippen LogP contribution is -2.16. The highest BCUT2D eigenvalue weighted by Crippen LogP contribution is 2.36. The lowest BCUT2D eigenvalue weighted by atomic mass is 10.1. The lowest BCUT2D eigenvalue weighted by Gasteiger charge is -2.15. The SMILES string of the molecule is COc1cc(F)ccc1Oc1ncc(C(F)(F)F)cc1C(=O)Nc1cccc(S(C)(=O)=O)c1. The van der Waals surface area contributed by atoms with Crippen LogP contribution in [0, 0.1) is 5.82 Å². The highest BCUT2D eigenvalue weighted by Gasteiger charge is 2.33. The number of aromatic nitrogens is 1. The van der Waals surface area contributed by atoms with Crippen LogP contribution in [-0.4, -0.2) is 32.7 Å². The Bertz CT molecular complexity index is 1310. The van der Waals surface area contributed by atoms with Crippen molar-refractivity contribution in [3.05, 3.63) is 71.7 Å². The van der Waals surface area contributed by atoms with Crippen LogP contribution in [0.3, 0.4) is 0 Å². The highest BCUT2D eigenvalue weighted by molar-refractivity contribution is 7.90. The summed E-state index contributed by atoms with van der Waals surface area (Å²) in [6.07, 6.45) is -3.36. The lowest BCUT2D eigenvalue weighted by molar-refractivity contribution is -0.137. The first-order chi connectivity index (χ1) is 15.4. The molecule has 0 aliphatic rings. The molecule has 1 N–H and O–H groups in total. The quantitative estimate of drug-likeness (QED) is 0.510. The molecule has 12 heteroatoms. The molecule has 0 radical (unpaired) electrons. The van der Waals surface area contributed by atoms with Crippen LogP contribution < -0.4 is 14.8 Å². The Balaban J connectivity index is 2.02. The van der Waals surface area contributed by atoms with Crippen LogP contribution in [0.1, 0.15) is 15.9 Å². The predicted molar refractivity (Wildman–Crippen MR) is 110 cm³/mol. The van der Waals surface area contributed by atoms with Crippen LogP contribution in [0.2, 0.25) is 0 Å². The number of rotatable bonds is 6. The Morgan fingerprint density at radius 2 is 1.79 bits per heavy atom. The van der Waals surface area contributed by atoms with Gasteiger partial charge in [-0.25, -0.2) is 17.8 Å².